The fourth-order valence-electron chi connectivity index (χ4n) is 1.26. The molecule has 0 amide bonds. The van der Waals surface area contributed by atoms with Crippen molar-refractivity contribution in [2.75, 3.05) is 13.2 Å². The van der Waals surface area contributed by atoms with E-state index in [9.17, 15) is 10.2 Å². The van der Waals surface area contributed by atoms with E-state index in [-0.39, 0.29) is 6.61 Å². The van der Waals surface area contributed by atoms with Crippen LogP contribution in [0.3, 0.4) is 0 Å². The predicted molar refractivity (Wildman–Crippen MR) is 50.3 cm³/mol. The molecule has 0 aromatic heterocycles. The van der Waals surface area contributed by atoms with E-state index in [0.717, 1.165) is 0 Å². The summed E-state index contributed by atoms with van der Waals surface area (Å²) in [6.07, 6.45) is -4.53. The van der Waals surface area contributed by atoms with Crippen LogP contribution in [0.4, 0.5) is 0 Å². The van der Waals surface area contributed by atoms with Crippen molar-refractivity contribution in [2.24, 2.45) is 0 Å². The van der Waals surface area contributed by atoms with Crippen molar-refractivity contribution in [3.8, 4) is 0 Å². The second kappa shape index (κ2) is 6.15. The number of aliphatic hydroxyl groups excluding tert-OH is 4. The van der Waals surface area contributed by atoms with Crippen molar-refractivity contribution in [2.45, 2.75) is 35.9 Å². The maximum absolute atomic E-state index is 9.49. The van der Waals surface area contributed by atoms with E-state index < -0.39 is 37.3 Å². The molecule has 88 valence electrons. The number of aliphatic hydroxyl groups is 4. The molecule has 0 saturated carbocycles. The summed E-state index contributed by atoms with van der Waals surface area (Å²) in [5.74, 6) is 0. The van der Waals surface area contributed by atoms with Gasteiger partial charge in [-0.3, -0.25) is 0 Å². The van der Waals surface area contributed by atoms with Crippen LogP contribution in [0.5, 0.6) is 0 Å². The Morgan fingerprint density at radius 3 is 2.47 bits per heavy atom. The van der Waals surface area contributed by atoms with Crippen molar-refractivity contribution >= 4 is 16.9 Å². The third-order valence-electron chi connectivity index (χ3n) is 2.16. The van der Waals surface area contributed by atoms with Gasteiger partial charge < -0.3 is 0 Å². The molecule has 1 heterocycles. The molecule has 6 nitrogen and oxygen atoms in total. The predicted octanol–water partition coefficient (Wildman–Crippen LogP) is -2.61. The van der Waals surface area contributed by atoms with E-state index in [1.165, 1.54) is 0 Å². The molecular weight excluding hydrogens is 267 g/mol. The zero-order chi connectivity index (χ0) is 11.4. The monoisotopic (exact) mass is 282 g/mol. The van der Waals surface area contributed by atoms with Gasteiger partial charge in [-0.2, -0.15) is 0 Å². The Kier molecular flexibility index (Phi) is 5.49. The second-order valence-corrected chi connectivity index (χ2v) is 4.14. The Morgan fingerprint density at radius 2 is 2.00 bits per heavy atom. The summed E-state index contributed by atoms with van der Waals surface area (Å²) in [5, 5.41) is 37.0. The fraction of sp³-hybridized carbons (Fsp3) is 1.00. The summed E-state index contributed by atoms with van der Waals surface area (Å²) < 4.78 is 10.2. The molecule has 2 radical (unpaired) electrons. The average Bonchev–Trinajstić information content (AvgIpc) is 2.52. The number of hydrogen-bond acceptors (Lipinski definition) is 6. The van der Waals surface area contributed by atoms with Gasteiger partial charge in [0.2, 0.25) is 0 Å². The number of rotatable bonds is 5. The molecule has 1 aliphatic heterocycles. The minimum atomic E-state index is -1.12. The van der Waals surface area contributed by atoms with Crippen LogP contribution in [-0.2, 0) is 9.47 Å². The zero-order valence-corrected chi connectivity index (χ0v) is 9.94. The molecule has 1 fully saturated rings. The molecule has 0 spiro atoms. The zero-order valence-electron chi connectivity index (χ0n) is 8.06. The van der Waals surface area contributed by atoms with Gasteiger partial charge in [0, 0.05) is 0 Å². The second-order valence-electron chi connectivity index (χ2n) is 3.38. The molecule has 0 bridgehead atoms. The van der Waals surface area contributed by atoms with E-state index in [2.05, 4.69) is 16.9 Å². The molecule has 5 atom stereocenters. The first-order chi connectivity index (χ1) is 7.10. The molecule has 0 aromatic carbocycles. The van der Waals surface area contributed by atoms with Crippen molar-refractivity contribution < 1.29 is 29.9 Å². The Bertz CT molecular complexity index is 192. The van der Waals surface area contributed by atoms with Crippen molar-refractivity contribution in [3.63, 3.8) is 0 Å². The van der Waals surface area contributed by atoms with Crippen LogP contribution in [-0.4, -0.2) is 81.2 Å². The number of ether oxygens (including phenoxy) is 2. The first-order valence-electron chi connectivity index (χ1n) is 4.63. The van der Waals surface area contributed by atoms with Gasteiger partial charge in [0.05, 0.1) is 0 Å². The molecule has 0 aliphatic carbocycles. The Hall–Kier alpha value is 0.318. The molecule has 1 rings (SSSR count). The van der Waals surface area contributed by atoms with Gasteiger partial charge in [0.15, 0.2) is 0 Å². The van der Waals surface area contributed by atoms with Crippen LogP contribution < -0.4 is 0 Å². The summed E-state index contributed by atoms with van der Waals surface area (Å²) in [5.41, 5.74) is 0. The van der Waals surface area contributed by atoms with Gasteiger partial charge >= 0.3 is 95.9 Å². The summed E-state index contributed by atoms with van der Waals surface area (Å²) in [6.45, 7) is -0.560. The fourth-order valence-corrected chi connectivity index (χ4v) is 1.90. The molecule has 4 N–H and O–H groups in total. The van der Waals surface area contributed by atoms with Gasteiger partial charge in [0.25, 0.3) is 0 Å². The van der Waals surface area contributed by atoms with Crippen LogP contribution >= 0.6 is 0 Å². The van der Waals surface area contributed by atoms with E-state index in [1.54, 1.807) is 0 Å². The van der Waals surface area contributed by atoms with Gasteiger partial charge in [-0.05, 0) is 0 Å². The third kappa shape index (κ3) is 3.39. The van der Waals surface area contributed by atoms with Crippen LogP contribution in [0.2, 0.25) is 5.21 Å². The summed E-state index contributed by atoms with van der Waals surface area (Å²) in [4.78, 5) is 0. The quantitative estimate of drug-likeness (QED) is 0.412. The maximum atomic E-state index is 9.49. The Balaban J connectivity index is 2.37. The molecule has 15 heavy (non-hydrogen) atoms. The van der Waals surface area contributed by atoms with Gasteiger partial charge in [0.1, 0.15) is 0 Å². The molecule has 1 aliphatic rings. The molecular formula is C8H15AsO6. The normalized spacial score (nSPS) is 38.2. The van der Waals surface area contributed by atoms with Crippen molar-refractivity contribution in [1.29, 1.82) is 0 Å². The van der Waals surface area contributed by atoms with E-state index >= 15 is 0 Å². The van der Waals surface area contributed by atoms with Crippen LogP contribution in [0.25, 0.3) is 0 Å². The van der Waals surface area contributed by atoms with E-state index in [1.807, 2.05) is 0 Å². The van der Waals surface area contributed by atoms with Gasteiger partial charge in [-0.1, -0.05) is 0 Å². The summed E-state index contributed by atoms with van der Waals surface area (Å²) in [7, 11) is 0. The standard InChI is InChI=1S/C8H15AsO6/c9-1-5-6(12)7(13)8(15-5)14-3-4(11)2-10/h4-8,10-13H,1-3H2/t4?,5-,6-,7-,8-/m1/s1. The molecule has 0 aromatic rings. The van der Waals surface area contributed by atoms with Crippen molar-refractivity contribution in [3.05, 3.63) is 0 Å². The molecule has 1 saturated heterocycles. The Morgan fingerprint density at radius 1 is 1.33 bits per heavy atom. The van der Waals surface area contributed by atoms with E-state index in [4.69, 9.17) is 19.7 Å². The minimum absolute atomic E-state index is 0.143. The van der Waals surface area contributed by atoms with Gasteiger partial charge in [-0.25, -0.2) is 0 Å². The SMILES string of the molecule is OCC(O)CO[C@@H]1O[C@H](C[As])[C@@H](O)[C@H]1O. The molecule has 7 heteroatoms. The molecule has 1 unspecified atom stereocenters. The summed E-state index contributed by atoms with van der Waals surface area (Å²) >= 11 is 2.26. The van der Waals surface area contributed by atoms with Crippen molar-refractivity contribution in [1.82, 2.24) is 0 Å². The van der Waals surface area contributed by atoms with Crippen LogP contribution in [0.15, 0.2) is 0 Å². The third-order valence-corrected chi connectivity index (χ3v) is 2.92. The van der Waals surface area contributed by atoms with Crippen LogP contribution in [0.1, 0.15) is 0 Å². The first-order valence-corrected chi connectivity index (χ1v) is 5.95. The average molecular weight is 282 g/mol. The van der Waals surface area contributed by atoms with Gasteiger partial charge in [-0.15, -0.1) is 0 Å². The Labute approximate surface area is 96.3 Å². The van der Waals surface area contributed by atoms with E-state index in [0.29, 0.717) is 5.21 Å². The summed E-state index contributed by atoms with van der Waals surface area (Å²) in [6, 6.07) is 0. The first kappa shape index (κ1) is 13.4. The van der Waals surface area contributed by atoms with Crippen LogP contribution in [0, 0.1) is 0 Å². The number of hydrogen-bond donors (Lipinski definition) is 4. The topological polar surface area (TPSA) is 99.4 Å².